The molecule has 0 spiro atoms. The standard InChI is InChI=1S/C12H15BrFNO/c1-9-8-15(4-5-16-9)12-3-2-10(7-13)6-11(12)14/h2-3,6,9H,4-5,7-8H2,1H3. The van der Waals surface area contributed by atoms with Crippen LogP contribution in [-0.4, -0.2) is 25.8 Å². The molecule has 2 nitrogen and oxygen atoms in total. The minimum atomic E-state index is -0.147. The molecule has 0 radical (unpaired) electrons. The zero-order valence-electron chi connectivity index (χ0n) is 9.25. The maximum Gasteiger partial charge on any atom is 0.146 e. The number of anilines is 1. The molecular formula is C12H15BrFNO. The summed E-state index contributed by atoms with van der Waals surface area (Å²) in [4.78, 5) is 2.04. The van der Waals surface area contributed by atoms with Crippen LogP contribution < -0.4 is 4.90 Å². The Labute approximate surface area is 104 Å². The lowest BCUT2D eigenvalue weighted by Gasteiger charge is -2.33. The van der Waals surface area contributed by atoms with Crippen molar-refractivity contribution in [1.29, 1.82) is 0 Å². The van der Waals surface area contributed by atoms with Crippen molar-refractivity contribution in [3.8, 4) is 0 Å². The minimum Gasteiger partial charge on any atom is -0.375 e. The average Bonchev–Trinajstić information content (AvgIpc) is 2.28. The zero-order valence-corrected chi connectivity index (χ0v) is 10.8. The molecule has 1 aliphatic heterocycles. The summed E-state index contributed by atoms with van der Waals surface area (Å²) in [5, 5.41) is 0.684. The van der Waals surface area contributed by atoms with Gasteiger partial charge in [-0.2, -0.15) is 0 Å². The molecule has 0 saturated carbocycles. The molecule has 0 aliphatic carbocycles. The second-order valence-electron chi connectivity index (χ2n) is 4.05. The monoisotopic (exact) mass is 287 g/mol. The van der Waals surface area contributed by atoms with Crippen molar-refractivity contribution >= 4 is 21.6 Å². The lowest BCUT2D eigenvalue weighted by molar-refractivity contribution is 0.0530. The van der Waals surface area contributed by atoms with Crippen LogP contribution in [0.25, 0.3) is 0 Å². The maximum absolute atomic E-state index is 13.8. The molecule has 0 amide bonds. The summed E-state index contributed by atoms with van der Waals surface area (Å²) in [7, 11) is 0. The molecule has 1 aromatic rings. The first-order chi connectivity index (χ1) is 7.70. The molecule has 2 rings (SSSR count). The molecule has 4 heteroatoms. The van der Waals surface area contributed by atoms with E-state index < -0.39 is 0 Å². The Balaban J connectivity index is 2.19. The largest absolute Gasteiger partial charge is 0.375 e. The highest BCUT2D eigenvalue weighted by molar-refractivity contribution is 9.08. The lowest BCUT2D eigenvalue weighted by atomic mass is 10.2. The van der Waals surface area contributed by atoms with Crippen LogP contribution in [0.4, 0.5) is 10.1 Å². The van der Waals surface area contributed by atoms with Crippen LogP contribution in [0.15, 0.2) is 18.2 Å². The third-order valence-electron chi connectivity index (χ3n) is 2.75. The van der Waals surface area contributed by atoms with Crippen molar-refractivity contribution in [2.75, 3.05) is 24.6 Å². The van der Waals surface area contributed by atoms with Gasteiger partial charge < -0.3 is 9.64 Å². The smallest absolute Gasteiger partial charge is 0.146 e. The molecule has 16 heavy (non-hydrogen) atoms. The van der Waals surface area contributed by atoms with E-state index in [9.17, 15) is 4.39 Å². The van der Waals surface area contributed by atoms with E-state index in [4.69, 9.17) is 4.74 Å². The molecule has 1 unspecified atom stereocenters. The minimum absolute atomic E-state index is 0.147. The van der Waals surface area contributed by atoms with Crippen LogP contribution in [0, 0.1) is 5.82 Å². The van der Waals surface area contributed by atoms with Crippen LogP contribution in [0.2, 0.25) is 0 Å². The predicted molar refractivity (Wildman–Crippen MR) is 66.7 cm³/mol. The highest BCUT2D eigenvalue weighted by Gasteiger charge is 2.19. The van der Waals surface area contributed by atoms with Gasteiger partial charge in [-0.05, 0) is 24.6 Å². The van der Waals surface area contributed by atoms with Gasteiger partial charge in [-0.3, -0.25) is 0 Å². The number of alkyl halides is 1. The summed E-state index contributed by atoms with van der Waals surface area (Å²) in [6.07, 6.45) is 0.170. The van der Waals surface area contributed by atoms with Gasteiger partial charge in [0.25, 0.3) is 0 Å². The van der Waals surface area contributed by atoms with E-state index in [0.29, 0.717) is 17.6 Å². The van der Waals surface area contributed by atoms with Crippen molar-refractivity contribution in [3.05, 3.63) is 29.6 Å². The Bertz CT molecular complexity index is 372. The number of hydrogen-bond acceptors (Lipinski definition) is 2. The summed E-state index contributed by atoms with van der Waals surface area (Å²) in [5.41, 5.74) is 1.64. The Morgan fingerprint density at radius 1 is 1.56 bits per heavy atom. The Morgan fingerprint density at radius 2 is 2.38 bits per heavy atom. The van der Waals surface area contributed by atoms with Gasteiger partial charge in [0.05, 0.1) is 18.4 Å². The molecule has 0 bridgehead atoms. The molecule has 1 aromatic carbocycles. The second-order valence-corrected chi connectivity index (χ2v) is 4.61. The van der Waals surface area contributed by atoms with E-state index in [1.807, 2.05) is 24.0 Å². The van der Waals surface area contributed by atoms with Gasteiger partial charge in [0.15, 0.2) is 0 Å². The Hall–Kier alpha value is -0.610. The molecule has 0 aromatic heterocycles. The van der Waals surface area contributed by atoms with Crippen molar-refractivity contribution in [2.45, 2.75) is 18.4 Å². The lowest BCUT2D eigenvalue weighted by Crippen LogP contribution is -2.41. The topological polar surface area (TPSA) is 12.5 Å². The fraction of sp³-hybridized carbons (Fsp3) is 0.500. The second kappa shape index (κ2) is 5.15. The SMILES string of the molecule is CC1CN(c2ccc(CBr)cc2F)CCO1. The van der Waals surface area contributed by atoms with Crippen molar-refractivity contribution in [2.24, 2.45) is 0 Å². The van der Waals surface area contributed by atoms with Crippen LogP contribution in [0.1, 0.15) is 12.5 Å². The fourth-order valence-electron chi connectivity index (χ4n) is 1.93. The summed E-state index contributed by atoms with van der Waals surface area (Å²) in [6.45, 7) is 4.19. The Kier molecular flexibility index (Phi) is 3.82. The first-order valence-electron chi connectivity index (χ1n) is 5.41. The Morgan fingerprint density at radius 3 is 3.00 bits per heavy atom. The zero-order chi connectivity index (χ0) is 11.5. The fourth-order valence-corrected chi connectivity index (χ4v) is 2.28. The highest BCUT2D eigenvalue weighted by atomic mass is 79.9. The van der Waals surface area contributed by atoms with E-state index in [-0.39, 0.29) is 11.9 Å². The van der Waals surface area contributed by atoms with E-state index >= 15 is 0 Å². The number of morpholine rings is 1. The van der Waals surface area contributed by atoms with Crippen LogP contribution in [0.5, 0.6) is 0 Å². The molecule has 0 N–H and O–H groups in total. The number of hydrogen-bond donors (Lipinski definition) is 0. The van der Waals surface area contributed by atoms with Gasteiger partial charge >= 0.3 is 0 Å². The molecule has 88 valence electrons. The van der Waals surface area contributed by atoms with Gasteiger partial charge in [0.2, 0.25) is 0 Å². The van der Waals surface area contributed by atoms with Crippen molar-refractivity contribution in [3.63, 3.8) is 0 Å². The number of ether oxygens (including phenoxy) is 1. The third-order valence-corrected chi connectivity index (χ3v) is 3.40. The molecular weight excluding hydrogens is 273 g/mol. The van der Waals surface area contributed by atoms with E-state index in [1.54, 1.807) is 6.07 Å². The quantitative estimate of drug-likeness (QED) is 0.776. The van der Waals surface area contributed by atoms with Crippen LogP contribution >= 0.6 is 15.9 Å². The van der Waals surface area contributed by atoms with Crippen LogP contribution in [-0.2, 0) is 10.1 Å². The predicted octanol–water partition coefficient (Wildman–Crippen LogP) is 2.95. The number of benzene rings is 1. The first kappa shape index (κ1) is 11.9. The van der Waals surface area contributed by atoms with Gasteiger partial charge in [-0.1, -0.05) is 22.0 Å². The molecule has 1 saturated heterocycles. The summed E-state index contributed by atoms with van der Waals surface area (Å²) < 4.78 is 19.3. The summed E-state index contributed by atoms with van der Waals surface area (Å²) >= 11 is 3.32. The van der Waals surface area contributed by atoms with Crippen molar-refractivity contribution < 1.29 is 9.13 Å². The van der Waals surface area contributed by atoms with Crippen LogP contribution in [0.3, 0.4) is 0 Å². The summed E-state index contributed by atoms with van der Waals surface area (Å²) in [6, 6.07) is 5.39. The molecule has 1 heterocycles. The summed E-state index contributed by atoms with van der Waals surface area (Å²) in [5.74, 6) is -0.147. The maximum atomic E-state index is 13.8. The number of nitrogens with zero attached hydrogens (tertiary/aromatic N) is 1. The number of rotatable bonds is 2. The van der Waals surface area contributed by atoms with Gasteiger partial charge in [-0.15, -0.1) is 0 Å². The average molecular weight is 288 g/mol. The van der Waals surface area contributed by atoms with E-state index in [2.05, 4.69) is 15.9 Å². The highest BCUT2D eigenvalue weighted by Crippen LogP contribution is 2.23. The number of halogens is 2. The normalized spacial score (nSPS) is 21.2. The van der Waals surface area contributed by atoms with Gasteiger partial charge in [-0.25, -0.2) is 4.39 Å². The molecule has 1 atom stereocenters. The van der Waals surface area contributed by atoms with Gasteiger partial charge in [0.1, 0.15) is 5.82 Å². The molecule has 1 aliphatic rings. The van der Waals surface area contributed by atoms with E-state index in [1.165, 1.54) is 0 Å². The first-order valence-corrected chi connectivity index (χ1v) is 6.54. The van der Waals surface area contributed by atoms with Crippen molar-refractivity contribution in [1.82, 2.24) is 0 Å². The third kappa shape index (κ3) is 2.55. The molecule has 1 fully saturated rings. The van der Waals surface area contributed by atoms with E-state index in [0.717, 1.165) is 18.7 Å². The van der Waals surface area contributed by atoms with Gasteiger partial charge in [0, 0.05) is 18.4 Å².